The monoisotopic (exact) mass is 210 g/mol. The van der Waals surface area contributed by atoms with Crippen LogP contribution in [-0.2, 0) is 9.53 Å². The lowest BCUT2D eigenvalue weighted by molar-refractivity contribution is -0.146. The third-order valence-corrected chi connectivity index (χ3v) is 4.15. The first kappa shape index (κ1) is 11.1. The molecule has 0 atom stereocenters. The van der Waals surface area contributed by atoms with E-state index in [1.807, 2.05) is 0 Å². The summed E-state index contributed by atoms with van der Waals surface area (Å²) in [6, 6.07) is 0. The minimum Gasteiger partial charge on any atom is -0.370 e. The zero-order chi connectivity index (χ0) is 10.9. The van der Waals surface area contributed by atoms with Gasteiger partial charge in [0.2, 0.25) is 0 Å². The molecule has 0 unspecified atom stereocenters. The van der Waals surface area contributed by atoms with E-state index in [-0.39, 0.29) is 0 Å². The van der Waals surface area contributed by atoms with Crippen LogP contribution in [0.2, 0.25) is 0 Å². The second-order valence-electron chi connectivity index (χ2n) is 5.45. The average Bonchev–Trinajstić information content (AvgIpc) is 3.03. The minimum absolute atomic E-state index is 0.374. The molecule has 0 bridgehead atoms. The third-order valence-electron chi connectivity index (χ3n) is 4.15. The van der Waals surface area contributed by atoms with E-state index in [1.165, 1.54) is 12.8 Å². The van der Waals surface area contributed by atoms with E-state index < -0.39 is 5.60 Å². The molecule has 15 heavy (non-hydrogen) atoms. The highest BCUT2D eigenvalue weighted by atomic mass is 16.5. The standard InChI is InChI=1S/C13H22O2/c1-10-5-7-13(15-2,8-6-10)12(14)9-11-3-4-11/h10-11H,3-9H2,1-2H3. The zero-order valence-corrected chi connectivity index (χ0v) is 9.92. The van der Waals surface area contributed by atoms with E-state index in [2.05, 4.69) is 6.92 Å². The van der Waals surface area contributed by atoms with Crippen molar-refractivity contribution in [3.63, 3.8) is 0 Å². The van der Waals surface area contributed by atoms with E-state index in [4.69, 9.17) is 4.74 Å². The fourth-order valence-electron chi connectivity index (χ4n) is 2.60. The van der Waals surface area contributed by atoms with Crippen LogP contribution in [0.4, 0.5) is 0 Å². The first-order valence-corrected chi connectivity index (χ1v) is 6.25. The lowest BCUT2D eigenvalue weighted by Gasteiger charge is -2.37. The molecule has 0 aromatic heterocycles. The Morgan fingerprint density at radius 2 is 1.87 bits per heavy atom. The molecule has 0 radical (unpaired) electrons. The predicted molar refractivity (Wildman–Crippen MR) is 59.7 cm³/mol. The van der Waals surface area contributed by atoms with Crippen LogP contribution in [0.25, 0.3) is 0 Å². The molecule has 0 aliphatic heterocycles. The Morgan fingerprint density at radius 1 is 1.27 bits per heavy atom. The molecule has 2 aliphatic carbocycles. The van der Waals surface area contributed by atoms with Gasteiger partial charge in [0.15, 0.2) is 5.78 Å². The van der Waals surface area contributed by atoms with Gasteiger partial charge in [0.05, 0.1) is 0 Å². The first-order valence-electron chi connectivity index (χ1n) is 6.25. The lowest BCUT2D eigenvalue weighted by Crippen LogP contribution is -2.44. The summed E-state index contributed by atoms with van der Waals surface area (Å²) in [5, 5.41) is 0. The van der Waals surface area contributed by atoms with Crippen LogP contribution in [0, 0.1) is 11.8 Å². The number of hydrogen-bond donors (Lipinski definition) is 0. The largest absolute Gasteiger partial charge is 0.370 e. The van der Waals surface area contributed by atoms with Crippen LogP contribution >= 0.6 is 0 Å². The van der Waals surface area contributed by atoms with E-state index >= 15 is 0 Å². The maximum absolute atomic E-state index is 12.2. The topological polar surface area (TPSA) is 26.3 Å². The van der Waals surface area contributed by atoms with Crippen molar-refractivity contribution in [3.8, 4) is 0 Å². The number of ketones is 1. The Labute approximate surface area is 92.4 Å². The summed E-state index contributed by atoms with van der Waals surface area (Å²) in [4.78, 5) is 12.2. The molecule has 2 fully saturated rings. The Hall–Kier alpha value is -0.370. The summed E-state index contributed by atoms with van der Waals surface area (Å²) < 4.78 is 5.57. The molecule has 0 N–H and O–H groups in total. The average molecular weight is 210 g/mol. The van der Waals surface area contributed by atoms with Gasteiger partial charge in [-0.05, 0) is 50.4 Å². The number of carbonyl (C=O) groups is 1. The maximum atomic E-state index is 12.2. The fraction of sp³-hybridized carbons (Fsp3) is 0.923. The van der Waals surface area contributed by atoms with E-state index in [1.54, 1.807) is 7.11 Å². The maximum Gasteiger partial charge on any atom is 0.164 e. The molecule has 0 heterocycles. The van der Waals surface area contributed by atoms with Crippen molar-refractivity contribution in [3.05, 3.63) is 0 Å². The second-order valence-corrected chi connectivity index (χ2v) is 5.45. The molecule has 2 heteroatoms. The van der Waals surface area contributed by atoms with Crippen molar-refractivity contribution < 1.29 is 9.53 Å². The van der Waals surface area contributed by atoms with Crippen molar-refractivity contribution in [2.24, 2.45) is 11.8 Å². The van der Waals surface area contributed by atoms with Gasteiger partial charge in [0, 0.05) is 13.5 Å². The van der Waals surface area contributed by atoms with Crippen LogP contribution in [0.3, 0.4) is 0 Å². The zero-order valence-electron chi connectivity index (χ0n) is 9.92. The van der Waals surface area contributed by atoms with Crippen LogP contribution in [0.1, 0.15) is 51.9 Å². The van der Waals surface area contributed by atoms with Gasteiger partial charge in [-0.2, -0.15) is 0 Å². The van der Waals surface area contributed by atoms with Crippen molar-refractivity contribution in [2.75, 3.05) is 7.11 Å². The Kier molecular flexibility index (Phi) is 3.15. The number of ether oxygens (including phenoxy) is 1. The van der Waals surface area contributed by atoms with E-state index in [0.29, 0.717) is 11.7 Å². The summed E-state index contributed by atoms with van der Waals surface area (Å²) in [5.74, 6) is 1.82. The molecule has 0 aromatic rings. The van der Waals surface area contributed by atoms with Gasteiger partial charge in [-0.15, -0.1) is 0 Å². The normalized spacial score (nSPS) is 36.5. The summed E-state index contributed by atoms with van der Waals surface area (Å²) in [6.45, 7) is 2.27. The molecule has 2 nitrogen and oxygen atoms in total. The highest BCUT2D eigenvalue weighted by molar-refractivity contribution is 5.87. The van der Waals surface area contributed by atoms with Crippen molar-refractivity contribution >= 4 is 5.78 Å². The van der Waals surface area contributed by atoms with Crippen molar-refractivity contribution in [1.29, 1.82) is 0 Å². The van der Waals surface area contributed by atoms with E-state index in [0.717, 1.165) is 38.0 Å². The summed E-state index contributed by atoms with van der Waals surface area (Å²) in [5.41, 5.74) is -0.408. The number of carbonyl (C=O) groups excluding carboxylic acids is 1. The van der Waals surface area contributed by atoms with Crippen molar-refractivity contribution in [1.82, 2.24) is 0 Å². The fourth-order valence-corrected chi connectivity index (χ4v) is 2.60. The SMILES string of the molecule is COC1(C(=O)CC2CC2)CCC(C)CC1. The van der Waals surface area contributed by atoms with E-state index in [9.17, 15) is 4.79 Å². The Balaban J connectivity index is 1.96. The first-order chi connectivity index (χ1) is 7.16. The van der Waals surface area contributed by atoms with Crippen molar-refractivity contribution in [2.45, 2.75) is 57.5 Å². The smallest absolute Gasteiger partial charge is 0.164 e. The highest BCUT2D eigenvalue weighted by Crippen LogP contribution is 2.40. The summed E-state index contributed by atoms with van der Waals surface area (Å²) in [7, 11) is 1.71. The van der Waals surface area contributed by atoms with Gasteiger partial charge in [-0.3, -0.25) is 4.79 Å². The number of rotatable bonds is 4. The van der Waals surface area contributed by atoms with Crippen LogP contribution < -0.4 is 0 Å². The molecule has 2 aliphatic rings. The molecular weight excluding hydrogens is 188 g/mol. The highest BCUT2D eigenvalue weighted by Gasteiger charge is 2.42. The molecular formula is C13H22O2. The Morgan fingerprint density at radius 3 is 2.33 bits per heavy atom. The predicted octanol–water partition coefficient (Wildman–Crippen LogP) is 2.95. The number of methoxy groups -OCH3 is 1. The molecule has 0 amide bonds. The molecule has 0 aromatic carbocycles. The molecule has 86 valence electrons. The van der Waals surface area contributed by atoms with Crippen LogP contribution in [-0.4, -0.2) is 18.5 Å². The summed E-state index contributed by atoms with van der Waals surface area (Å²) in [6.07, 6.45) is 7.44. The lowest BCUT2D eigenvalue weighted by atomic mass is 9.76. The quantitative estimate of drug-likeness (QED) is 0.713. The van der Waals surface area contributed by atoms with Gasteiger partial charge in [-0.25, -0.2) is 0 Å². The van der Waals surface area contributed by atoms with Crippen LogP contribution in [0.15, 0.2) is 0 Å². The Bertz CT molecular complexity index is 235. The molecule has 2 saturated carbocycles. The number of hydrogen-bond acceptors (Lipinski definition) is 2. The number of Topliss-reactive ketones (excluding diaryl/α,β-unsaturated/α-hetero) is 1. The van der Waals surface area contributed by atoms with Crippen LogP contribution in [0.5, 0.6) is 0 Å². The third kappa shape index (κ3) is 2.41. The molecule has 2 rings (SSSR count). The van der Waals surface area contributed by atoms with Gasteiger partial charge in [0.25, 0.3) is 0 Å². The summed E-state index contributed by atoms with van der Waals surface area (Å²) >= 11 is 0. The minimum atomic E-state index is -0.408. The van der Waals surface area contributed by atoms with Gasteiger partial charge >= 0.3 is 0 Å². The second kappa shape index (κ2) is 4.25. The van der Waals surface area contributed by atoms with Gasteiger partial charge in [0.1, 0.15) is 5.60 Å². The van der Waals surface area contributed by atoms with Gasteiger partial charge < -0.3 is 4.74 Å². The molecule has 0 spiro atoms. The van der Waals surface area contributed by atoms with Gasteiger partial charge in [-0.1, -0.05) is 6.92 Å². The molecule has 0 saturated heterocycles.